The number of carbonyl (C=O) groups excluding carboxylic acids is 3. The number of hydrogen-bond acceptors (Lipinski definition) is 4. The van der Waals surface area contributed by atoms with E-state index in [0.29, 0.717) is 43.9 Å². The monoisotopic (exact) mass is 706 g/mol. The van der Waals surface area contributed by atoms with Gasteiger partial charge in [-0.05, 0) is 78.8 Å². The van der Waals surface area contributed by atoms with Crippen molar-refractivity contribution >= 4 is 55.2 Å². The van der Waals surface area contributed by atoms with Crippen molar-refractivity contribution in [2.75, 3.05) is 0 Å². The van der Waals surface area contributed by atoms with Crippen LogP contribution in [0.15, 0.2) is 57.5 Å². The Bertz CT molecular complexity index is 1050. The minimum atomic E-state index is -0.798. The molecule has 0 saturated carbocycles. The summed E-state index contributed by atoms with van der Waals surface area (Å²) in [6.07, 6.45) is 3.09. The lowest BCUT2D eigenvalue weighted by molar-refractivity contribution is -0.144. The molecule has 0 spiro atoms. The molecule has 0 aromatic heterocycles. The molecule has 42 heavy (non-hydrogen) atoms. The number of ketones is 3. The smallest absolute Gasteiger partial charge is 0.306 e. The first-order chi connectivity index (χ1) is 19.6. The van der Waals surface area contributed by atoms with Crippen LogP contribution in [0, 0.1) is 35.5 Å². The maximum absolute atomic E-state index is 12.2. The SMILES string of the molecule is CC(=O)[C@H](CC(C)C)[C@@H](C)CC(=O)Cc1ccc(Br)cc1.CC(C)C[C@H](C(=O)O)[C@H](C)CC(=O)Cc1ccc(Br)cc1. The maximum atomic E-state index is 12.2. The minimum absolute atomic E-state index is 0.00105. The summed E-state index contributed by atoms with van der Waals surface area (Å²) in [6, 6.07) is 15.5. The van der Waals surface area contributed by atoms with Gasteiger partial charge in [0.05, 0.1) is 5.92 Å². The van der Waals surface area contributed by atoms with Crippen LogP contribution in [0.4, 0.5) is 0 Å². The van der Waals surface area contributed by atoms with E-state index in [1.165, 1.54) is 0 Å². The van der Waals surface area contributed by atoms with Gasteiger partial charge in [0.15, 0.2) is 0 Å². The summed E-state index contributed by atoms with van der Waals surface area (Å²) in [6.45, 7) is 13.8. The molecular formula is C35H48Br2O5. The van der Waals surface area contributed by atoms with Gasteiger partial charge >= 0.3 is 5.97 Å². The van der Waals surface area contributed by atoms with Crippen molar-refractivity contribution in [1.82, 2.24) is 0 Å². The van der Waals surface area contributed by atoms with Crippen LogP contribution < -0.4 is 0 Å². The Balaban J connectivity index is 0.000000420. The van der Waals surface area contributed by atoms with Gasteiger partial charge in [-0.15, -0.1) is 0 Å². The second kappa shape index (κ2) is 19.2. The fraction of sp³-hybridized carbons (Fsp3) is 0.543. The number of carbonyl (C=O) groups is 4. The van der Waals surface area contributed by atoms with Crippen molar-refractivity contribution in [2.24, 2.45) is 35.5 Å². The van der Waals surface area contributed by atoms with Gasteiger partial charge in [-0.1, -0.05) is 97.7 Å². The van der Waals surface area contributed by atoms with Crippen LogP contribution in [0.3, 0.4) is 0 Å². The highest BCUT2D eigenvalue weighted by molar-refractivity contribution is 9.10. The molecule has 0 bridgehead atoms. The molecule has 4 atom stereocenters. The number of carboxylic acids is 1. The van der Waals surface area contributed by atoms with E-state index >= 15 is 0 Å². The van der Waals surface area contributed by atoms with E-state index in [2.05, 4.69) is 45.7 Å². The Labute approximate surface area is 269 Å². The first-order valence-corrected chi connectivity index (χ1v) is 16.4. The van der Waals surface area contributed by atoms with Crippen LogP contribution in [-0.4, -0.2) is 28.4 Å². The fourth-order valence-electron chi connectivity index (χ4n) is 5.20. The van der Waals surface area contributed by atoms with Crippen LogP contribution in [0.25, 0.3) is 0 Å². The Hall–Kier alpha value is -2.12. The Morgan fingerprint density at radius 3 is 1.26 bits per heavy atom. The van der Waals surface area contributed by atoms with Crippen LogP contribution in [0.2, 0.25) is 0 Å². The van der Waals surface area contributed by atoms with Gasteiger partial charge in [-0.2, -0.15) is 0 Å². The number of benzene rings is 2. The molecular weight excluding hydrogens is 660 g/mol. The summed E-state index contributed by atoms with van der Waals surface area (Å²) < 4.78 is 2.00. The number of aliphatic carboxylic acids is 1. The fourth-order valence-corrected chi connectivity index (χ4v) is 5.73. The molecule has 0 amide bonds. The van der Waals surface area contributed by atoms with Crippen molar-refractivity contribution in [3.05, 3.63) is 68.6 Å². The Morgan fingerprint density at radius 1 is 0.619 bits per heavy atom. The van der Waals surface area contributed by atoms with E-state index in [0.717, 1.165) is 26.5 Å². The van der Waals surface area contributed by atoms with Crippen molar-refractivity contribution in [3.63, 3.8) is 0 Å². The molecule has 232 valence electrons. The van der Waals surface area contributed by atoms with E-state index in [1.54, 1.807) is 6.92 Å². The summed E-state index contributed by atoms with van der Waals surface area (Å²) in [5.41, 5.74) is 1.99. The quantitative estimate of drug-likeness (QED) is 0.188. The van der Waals surface area contributed by atoms with Crippen molar-refractivity contribution in [3.8, 4) is 0 Å². The molecule has 7 heteroatoms. The molecule has 0 fully saturated rings. The molecule has 2 aromatic rings. The second-order valence-electron chi connectivity index (χ2n) is 12.5. The standard InChI is InChI=1S/C18H25BrO2.C17H23BrO3/c1-12(2)9-18(14(4)20)13(3)10-17(21)11-15-5-7-16(19)8-6-15;1-11(2)8-16(17(20)21)12(3)9-15(19)10-13-4-6-14(18)7-5-13/h5-8,12-13,18H,9-11H2,1-4H3;4-7,11-12,16H,8-10H2,1-3H3,(H,20,21)/t13-,18+;12-,16+/m01/s1. The highest BCUT2D eigenvalue weighted by Crippen LogP contribution is 2.26. The van der Waals surface area contributed by atoms with E-state index < -0.39 is 11.9 Å². The van der Waals surface area contributed by atoms with Gasteiger partial charge in [-0.25, -0.2) is 0 Å². The molecule has 2 aromatic carbocycles. The van der Waals surface area contributed by atoms with Gasteiger partial charge in [0.25, 0.3) is 0 Å². The van der Waals surface area contributed by atoms with Gasteiger partial charge in [0.2, 0.25) is 0 Å². The van der Waals surface area contributed by atoms with E-state index in [1.807, 2.05) is 76.2 Å². The first kappa shape index (κ1) is 37.9. The van der Waals surface area contributed by atoms with E-state index in [4.69, 9.17) is 0 Å². The molecule has 0 saturated heterocycles. The predicted molar refractivity (Wildman–Crippen MR) is 177 cm³/mol. The summed E-state index contributed by atoms with van der Waals surface area (Å²) >= 11 is 6.75. The summed E-state index contributed by atoms with van der Waals surface area (Å²) in [5.74, 6) is 0.0384. The number of rotatable bonds is 16. The van der Waals surface area contributed by atoms with Gasteiger partial charge in [0.1, 0.15) is 17.3 Å². The largest absolute Gasteiger partial charge is 0.481 e. The van der Waals surface area contributed by atoms with Crippen LogP contribution >= 0.6 is 31.9 Å². The number of Topliss-reactive ketones (excluding diaryl/α,β-unsaturated/α-hetero) is 3. The van der Waals surface area contributed by atoms with Crippen LogP contribution in [0.1, 0.15) is 85.3 Å². The van der Waals surface area contributed by atoms with Crippen molar-refractivity contribution < 1.29 is 24.3 Å². The van der Waals surface area contributed by atoms with Crippen LogP contribution in [-0.2, 0) is 32.0 Å². The summed E-state index contributed by atoms with van der Waals surface area (Å²) in [7, 11) is 0. The molecule has 0 radical (unpaired) electrons. The average molecular weight is 709 g/mol. The molecule has 2 rings (SSSR count). The summed E-state index contributed by atoms with van der Waals surface area (Å²) in [4.78, 5) is 47.4. The number of halogens is 2. The highest BCUT2D eigenvalue weighted by Gasteiger charge is 2.27. The number of hydrogen-bond donors (Lipinski definition) is 1. The number of carboxylic acid groups (broad SMARTS) is 1. The van der Waals surface area contributed by atoms with Crippen LogP contribution in [0.5, 0.6) is 0 Å². The molecule has 0 aliphatic rings. The molecule has 1 N–H and O–H groups in total. The maximum Gasteiger partial charge on any atom is 0.306 e. The third-order valence-electron chi connectivity index (χ3n) is 7.39. The van der Waals surface area contributed by atoms with Gasteiger partial charge in [-0.3, -0.25) is 19.2 Å². The van der Waals surface area contributed by atoms with E-state index in [9.17, 15) is 24.3 Å². The third kappa shape index (κ3) is 15.4. The first-order valence-electron chi connectivity index (χ1n) is 14.8. The Kier molecular flexibility index (Phi) is 17.3. The van der Waals surface area contributed by atoms with Gasteiger partial charge < -0.3 is 5.11 Å². The molecule has 0 aliphatic heterocycles. The molecule has 0 aliphatic carbocycles. The zero-order valence-electron chi connectivity index (χ0n) is 26.2. The molecule has 5 nitrogen and oxygen atoms in total. The van der Waals surface area contributed by atoms with Crippen molar-refractivity contribution in [1.29, 1.82) is 0 Å². The normalized spacial score (nSPS) is 14.0. The second-order valence-corrected chi connectivity index (χ2v) is 14.3. The predicted octanol–water partition coefficient (Wildman–Crippen LogP) is 9.17. The lowest BCUT2D eigenvalue weighted by Crippen LogP contribution is -2.25. The topological polar surface area (TPSA) is 88.5 Å². The van der Waals surface area contributed by atoms with E-state index in [-0.39, 0.29) is 35.1 Å². The zero-order valence-corrected chi connectivity index (χ0v) is 29.3. The van der Waals surface area contributed by atoms with Gasteiger partial charge in [0, 0.05) is 40.5 Å². The molecule has 0 heterocycles. The van der Waals surface area contributed by atoms with Crippen molar-refractivity contribution in [2.45, 2.75) is 87.0 Å². The Morgan fingerprint density at radius 2 is 0.952 bits per heavy atom. The zero-order chi connectivity index (χ0) is 32.0. The highest BCUT2D eigenvalue weighted by atomic mass is 79.9. The minimum Gasteiger partial charge on any atom is -0.481 e. The third-order valence-corrected chi connectivity index (χ3v) is 8.45. The summed E-state index contributed by atoms with van der Waals surface area (Å²) in [5, 5.41) is 9.31. The lowest BCUT2D eigenvalue weighted by Gasteiger charge is -2.22. The average Bonchev–Trinajstić information content (AvgIpc) is 2.88. The molecule has 0 unspecified atom stereocenters. The lowest BCUT2D eigenvalue weighted by atomic mass is 9.81.